The highest BCUT2D eigenvalue weighted by atomic mass is 16.1. The smallest absolute Gasteiger partial charge is 0.251 e. The van der Waals surface area contributed by atoms with Crippen LogP contribution < -0.4 is 10.6 Å². The highest BCUT2D eigenvalue weighted by molar-refractivity contribution is 5.95. The third-order valence-electron chi connectivity index (χ3n) is 4.52. The number of hydrogen-bond acceptors (Lipinski definition) is 4. The van der Waals surface area contributed by atoms with Gasteiger partial charge >= 0.3 is 0 Å². The van der Waals surface area contributed by atoms with Crippen LogP contribution in [-0.4, -0.2) is 26.5 Å². The number of benzene rings is 1. The summed E-state index contributed by atoms with van der Waals surface area (Å²) in [6.45, 7) is 5.83. The minimum atomic E-state index is -0.0251. The van der Waals surface area contributed by atoms with Gasteiger partial charge < -0.3 is 10.6 Å². The van der Waals surface area contributed by atoms with Gasteiger partial charge in [0.15, 0.2) is 5.65 Å². The molecule has 4 rings (SSSR count). The molecule has 2 heterocycles. The summed E-state index contributed by atoms with van der Waals surface area (Å²) in [6, 6.07) is 11.6. The van der Waals surface area contributed by atoms with Gasteiger partial charge in [-0.05, 0) is 61.7 Å². The fourth-order valence-electron chi connectivity index (χ4n) is 2.90. The van der Waals surface area contributed by atoms with Crippen molar-refractivity contribution in [1.82, 2.24) is 19.9 Å². The quantitative estimate of drug-likeness (QED) is 0.654. The number of fused-ring (bicyclic) bond motifs is 1. The van der Waals surface area contributed by atoms with Crippen LogP contribution >= 0.6 is 0 Å². The zero-order valence-corrected chi connectivity index (χ0v) is 15.1. The van der Waals surface area contributed by atoms with Crippen molar-refractivity contribution in [3.8, 4) is 0 Å². The fraction of sp³-hybridized carbons (Fsp3) is 0.190. The van der Waals surface area contributed by atoms with Crippen molar-refractivity contribution in [3.05, 3.63) is 72.5 Å². The van der Waals surface area contributed by atoms with E-state index >= 15 is 0 Å². The largest absolute Gasteiger partial charge is 0.349 e. The SMILES string of the molecule is C=C/C(=C\C)c1cccn2nc(Nc3ccc(C(=O)NC4CC4)cc3)nc12. The van der Waals surface area contributed by atoms with Gasteiger partial charge in [-0.2, -0.15) is 4.98 Å². The Morgan fingerprint density at radius 1 is 1.26 bits per heavy atom. The van der Waals surface area contributed by atoms with E-state index < -0.39 is 0 Å². The molecule has 2 N–H and O–H groups in total. The summed E-state index contributed by atoms with van der Waals surface area (Å²) in [4.78, 5) is 16.7. The van der Waals surface area contributed by atoms with Gasteiger partial charge in [-0.25, -0.2) is 4.52 Å². The lowest BCUT2D eigenvalue weighted by molar-refractivity contribution is 0.0951. The Balaban J connectivity index is 1.55. The Morgan fingerprint density at radius 2 is 2.04 bits per heavy atom. The maximum atomic E-state index is 12.1. The average Bonchev–Trinajstić information content (AvgIpc) is 3.40. The zero-order chi connectivity index (χ0) is 18.8. The number of amides is 1. The van der Waals surface area contributed by atoms with Crippen LogP contribution in [0.5, 0.6) is 0 Å². The number of rotatable bonds is 6. The number of nitrogens with zero attached hydrogens (tertiary/aromatic N) is 3. The Labute approximate surface area is 157 Å². The summed E-state index contributed by atoms with van der Waals surface area (Å²) < 4.78 is 1.74. The van der Waals surface area contributed by atoms with Gasteiger partial charge in [-0.15, -0.1) is 5.10 Å². The maximum absolute atomic E-state index is 12.1. The van der Waals surface area contributed by atoms with Crippen LogP contribution in [0.3, 0.4) is 0 Å². The third kappa shape index (κ3) is 3.60. The van der Waals surface area contributed by atoms with E-state index in [-0.39, 0.29) is 5.91 Å². The van der Waals surface area contributed by atoms with E-state index in [2.05, 4.69) is 27.3 Å². The number of aromatic nitrogens is 3. The molecule has 1 aromatic carbocycles. The van der Waals surface area contributed by atoms with Crippen molar-refractivity contribution < 1.29 is 4.79 Å². The number of hydrogen-bond donors (Lipinski definition) is 2. The molecule has 1 amide bonds. The van der Waals surface area contributed by atoms with Crippen molar-refractivity contribution in [2.75, 3.05) is 5.32 Å². The Kier molecular flexibility index (Phi) is 4.46. The van der Waals surface area contributed by atoms with E-state index in [4.69, 9.17) is 0 Å². The molecule has 1 fully saturated rings. The van der Waals surface area contributed by atoms with Crippen LogP contribution in [0.4, 0.5) is 11.6 Å². The number of carbonyl (C=O) groups is 1. The van der Waals surface area contributed by atoms with Gasteiger partial charge in [0, 0.05) is 29.1 Å². The first-order valence-electron chi connectivity index (χ1n) is 9.00. The van der Waals surface area contributed by atoms with Crippen LogP contribution in [0.1, 0.15) is 35.7 Å². The number of pyridine rings is 1. The molecule has 0 spiro atoms. The highest BCUT2D eigenvalue weighted by Crippen LogP contribution is 2.23. The first-order chi connectivity index (χ1) is 13.2. The molecule has 27 heavy (non-hydrogen) atoms. The molecule has 6 nitrogen and oxygen atoms in total. The van der Waals surface area contributed by atoms with Gasteiger partial charge in [0.25, 0.3) is 5.91 Å². The molecular weight excluding hydrogens is 338 g/mol. The summed E-state index contributed by atoms with van der Waals surface area (Å²) in [7, 11) is 0. The summed E-state index contributed by atoms with van der Waals surface area (Å²) in [5.41, 5.74) is 4.22. The van der Waals surface area contributed by atoms with Gasteiger partial charge in [0.1, 0.15) is 0 Å². The molecular formula is C21H21N5O. The zero-order valence-electron chi connectivity index (χ0n) is 15.1. The van der Waals surface area contributed by atoms with Crippen molar-refractivity contribution in [3.63, 3.8) is 0 Å². The minimum absolute atomic E-state index is 0.0251. The average molecular weight is 359 g/mol. The molecule has 0 bridgehead atoms. The molecule has 0 saturated heterocycles. The number of carbonyl (C=O) groups excluding carboxylic acids is 1. The van der Waals surface area contributed by atoms with Crippen molar-refractivity contribution in [2.45, 2.75) is 25.8 Å². The fourth-order valence-corrected chi connectivity index (χ4v) is 2.90. The van der Waals surface area contributed by atoms with E-state index in [0.29, 0.717) is 17.6 Å². The topological polar surface area (TPSA) is 71.3 Å². The van der Waals surface area contributed by atoms with Gasteiger partial charge in [0.2, 0.25) is 5.95 Å². The van der Waals surface area contributed by atoms with E-state index in [1.165, 1.54) is 0 Å². The number of allylic oxidation sites excluding steroid dienone is 3. The second-order valence-corrected chi connectivity index (χ2v) is 6.52. The van der Waals surface area contributed by atoms with Crippen molar-refractivity contribution >= 4 is 28.8 Å². The van der Waals surface area contributed by atoms with Crippen LogP contribution in [0, 0.1) is 0 Å². The Hall–Kier alpha value is -3.41. The molecule has 2 aromatic heterocycles. The predicted octanol–water partition coefficient (Wildman–Crippen LogP) is 3.95. The van der Waals surface area contributed by atoms with E-state index in [1.54, 1.807) is 16.6 Å². The molecule has 1 aliphatic rings. The van der Waals surface area contributed by atoms with Crippen molar-refractivity contribution in [1.29, 1.82) is 0 Å². The highest BCUT2D eigenvalue weighted by Gasteiger charge is 2.23. The summed E-state index contributed by atoms with van der Waals surface area (Å²) in [5, 5.41) is 10.7. The molecule has 1 aliphatic carbocycles. The first kappa shape index (κ1) is 17.0. The Morgan fingerprint density at radius 3 is 2.70 bits per heavy atom. The van der Waals surface area contributed by atoms with Crippen LogP contribution in [-0.2, 0) is 0 Å². The van der Waals surface area contributed by atoms with Crippen molar-refractivity contribution in [2.24, 2.45) is 0 Å². The lowest BCUT2D eigenvalue weighted by atomic mass is 10.1. The number of nitrogens with one attached hydrogen (secondary N) is 2. The molecule has 0 atom stereocenters. The summed E-state index contributed by atoms with van der Waals surface area (Å²) in [5.74, 6) is 0.472. The molecule has 0 unspecified atom stereocenters. The molecule has 0 aliphatic heterocycles. The molecule has 136 valence electrons. The van der Waals surface area contributed by atoms with Gasteiger partial charge in [-0.1, -0.05) is 18.7 Å². The monoisotopic (exact) mass is 359 g/mol. The molecule has 6 heteroatoms. The van der Waals surface area contributed by atoms with E-state index in [0.717, 1.165) is 35.3 Å². The van der Waals surface area contributed by atoms with Crippen LogP contribution in [0.25, 0.3) is 11.2 Å². The summed E-state index contributed by atoms with van der Waals surface area (Å²) >= 11 is 0. The van der Waals surface area contributed by atoms with E-state index in [9.17, 15) is 4.79 Å². The maximum Gasteiger partial charge on any atom is 0.251 e. The lowest BCUT2D eigenvalue weighted by Gasteiger charge is -2.05. The number of anilines is 2. The predicted molar refractivity (Wildman–Crippen MR) is 107 cm³/mol. The first-order valence-corrected chi connectivity index (χ1v) is 9.00. The van der Waals surface area contributed by atoms with Gasteiger partial charge in [-0.3, -0.25) is 4.79 Å². The van der Waals surface area contributed by atoms with Gasteiger partial charge in [0.05, 0.1) is 0 Å². The lowest BCUT2D eigenvalue weighted by Crippen LogP contribution is -2.25. The third-order valence-corrected chi connectivity index (χ3v) is 4.52. The Bertz CT molecular complexity index is 1030. The molecule has 3 aromatic rings. The second kappa shape index (κ2) is 7.07. The van der Waals surface area contributed by atoms with E-state index in [1.807, 2.05) is 49.5 Å². The summed E-state index contributed by atoms with van der Waals surface area (Å²) in [6.07, 6.45) is 7.82. The molecule has 0 radical (unpaired) electrons. The standard InChI is InChI=1S/C21H21N5O/c1-3-14(4-2)18-6-5-13-26-19(18)24-21(25-26)23-17-9-7-15(8-10-17)20(27)22-16-11-12-16/h3-10,13,16H,1,11-12H2,2H3,(H,22,27)(H,23,25)/b14-4+. The minimum Gasteiger partial charge on any atom is -0.349 e. The molecule has 1 saturated carbocycles. The van der Waals surface area contributed by atoms with Crippen LogP contribution in [0.15, 0.2) is 61.3 Å². The second-order valence-electron chi connectivity index (χ2n) is 6.52. The van der Waals surface area contributed by atoms with Crippen LogP contribution in [0.2, 0.25) is 0 Å². The normalized spacial score (nSPS) is 14.2.